The third kappa shape index (κ3) is 9.66. The predicted octanol–water partition coefficient (Wildman–Crippen LogP) is 3.31. The molecule has 1 unspecified atom stereocenters. The second-order valence-electron chi connectivity index (χ2n) is 6.89. The van der Waals surface area contributed by atoms with Gasteiger partial charge in [0.1, 0.15) is 0 Å². The average molecular weight is 377 g/mol. The zero-order valence-electron chi connectivity index (χ0n) is 17.1. The van der Waals surface area contributed by atoms with E-state index < -0.39 is 23.5 Å². The summed E-state index contributed by atoms with van der Waals surface area (Å²) < 4.78 is 4.72. The van der Waals surface area contributed by atoms with Gasteiger partial charge in [0.05, 0.1) is 6.61 Å². The largest absolute Gasteiger partial charge is 0.463 e. The van der Waals surface area contributed by atoms with E-state index in [1.165, 1.54) is 5.57 Å². The van der Waals surface area contributed by atoms with Crippen LogP contribution >= 0.6 is 0 Å². The third-order valence-corrected chi connectivity index (χ3v) is 3.81. The van der Waals surface area contributed by atoms with E-state index in [1.807, 2.05) is 20.8 Å². The normalized spacial score (nSPS) is 11.0. The van der Waals surface area contributed by atoms with E-state index in [-0.39, 0.29) is 25.5 Å². The fourth-order valence-electron chi connectivity index (χ4n) is 2.31. The molecular weight excluding hydrogens is 346 g/mol. The molecule has 0 N–H and O–H groups in total. The molecule has 1 atom stereocenters. The number of carbonyl (C=O) groups excluding carboxylic acids is 3. The van der Waals surface area contributed by atoms with Crippen LogP contribution in [-0.4, -0.2) is 46.3 Å². The van der Waals surface area contributed by atoms with E-state index in [0.29, 0.717) is 6.42 Å². The lowest BCUT2D eigenvalue weighted by molar-refractivity contribution is -0.148. The average Bonchev–Trinajstić information content (AvgIpc) is 2.55. The molecule has 0 saturated heterocycles. The number of imide groups is 1. The van der Waals surface area contributed by atoms with Crippen LogP contribution < -0.4 is 0 Å². The van der Waals surface area contributed by atoms with Crippen molar-refractivity contribution < 1.29 is 23.9 Å². The highest BCUT2D eigenvalue weighted by Gasteiger charge is 2.38. The standard InChI is InChI=1S/C20H31N3O4/c1-7-27-20(26)18(22-21)19(25)23(12-11-15(4)5)17(24)13-16(6)10-8-9-14(2)3/h9,16H,4,7-8,10-13H2,1-3,5-6H3. The highest BCUT2D eigenvalue weighted by molar-refractivity contribution is 6.62. The van der Waals surface area contributed by atoms with Gasteiger partial charge < -0.3 is 10.3 Å². The Hall–Kier alpha value is -2.53. The SMILES string of the molecule is C=C(C)CCN(C(=O)CC(C)CCC=C(C)C)C(=O)C(=[N+]=[N-])C(=O)OCC. The summed E-state index contributed by atoms with van der Waals surface area (Å²) in [6.07, 6.45) is 4.30. The predicted molar refractivity (Wildman–Crippen MR) is 104 cm³/mol. The van der Waals surface area contributed by atoms with E-state index in [4.69, 9.17) is 10.3 Å². The molecule has 27 heavy (non-hydrogen) atoms. The van der Waals surface area contributed by atoms with Gasteiger partial charge in [-0.2, -0.15) is 4.79 Å². The van der Waals surface area contributed by atoms with Gasteiger partial charge >= 0.3 is 17.6 Å². The molecule has 7 nitrogen and oxygen atoms in total. The summed E-state index contributed by atoms with van der Waals surface area (Å²) in [6.45, 7) is 13.2. The van der Waals surface area contributed by atoms with Gasteiger partial charge in [-0.1, -0.05) is 24.1 Å². The first-order chi connectivity index (χ1) is 12.6. The van der Waals surface area contributed by atoms with Crippen LogP contribution in [-0.2, 0) is 19.1 Å². The van der Waals surface area contributed by atoms with Crippen LogP contribution in [0.25, 0.3) is 5.53 Å². The monoisotopic (exact) mass is 377 g/mol. The molecule has 0 aromatic rings. The fraction of sp³-hybridized carbons (Fsp3) is 0.600. The summed E-state index contributed by atoms with van der Waals surface area (Å²) in [5, 5.41) is 0. The molecule has 0 radical (unpaired) electrons. The quantitative estimate of drug-likeness (QED) is 0.138. The van der Waals surface area contributed by atoms with E-state index in [0.717, 1.165) is 23.3 Å². The van der Waals surface area contributed by atoms with Crippen molar-refractivity contribution in [3.8, 4) is 0 Å². The Morgan fingerprint density at radius 1 is 1.26 bits per heavy atom. The van der Waals surface area contributed by atoms with Crippen molar-refractivity contribution in [2.45, 2.75) is 60.3 Å². The number of amides is 2. The number of esters is 1. The van der Waals surface area contributed by atoms with Crippen LogP contribution in [0.5, 0.6) is 0 Å². The minimum atomic E-state index is -1.06. The lowest BCUT2D eigenvalue weighted by Gasteiger charge is -2.20. The van der Waals surface area contributed by atoms with Crippen molar-refractivity contribution >= 4 is 23.5 Å². The Bertz CT molecular complexity index is 642. The molecule has 0 aromatic carbocycles. The van der Waals surface area contributed by atoms with Gasteiger partial charge in [-0.25, -0.2) is 4.79 Å². The molecule has 0 aromatic heterocycles. The van der Waals surface area contributed by atoms with Gasteiger partial charge in [0.15, 0.2) is 0 Å². The number of hydrogen-bond acceptors (Lipinski definition) is 4. The van der Waals surface area contributed by atoms with Crippen LogP contribution in [0.3, 0.4) is 0 Å². The van der Waals surface area contributed by atoms with E-state index in [1.54, 1.807) is 13.8 Å². The molecule has 0 aliphatic carbocycles. The number of rotatable bonds is 11. The second-order valence-corrected chi connectivity index (χ2v) is 6.89. The summed E-state index contributed by atoms with van der Waals surface area (Å²) in [5.74, 6) is -2.38. The Kier molecular flexibility index (Phi) is 11.6. The molecule has 0 fully saturated rings. The minimum absolute atomic E-state index is 0.0201. The zero-order valence-corrected chi connectivity index (χ0v) is 17.1. The first-order valence-electron chi connectivity index (χ1n) is 9.15. The van der Waals surface area contributed by atoms with E-state index >= 15 is 0 Å². The molecule has 0 aliphatic heterocycles. The highest BCUT2D eigenvalue weighted by Crippen LogP contribution is 2.15. The maximum atomic E-state index is 12.7. The van der Waals surface area contributed by atoms with Crippen LogP contribution in [0.1, 0.15) is 60.3 Å². The van der Waals surface area contributed by atoms with Crippen LogP contribution in [0.4, 0.5) is 0 Å². The second kappa shape index (κ2) is 12.8. The molecule has 0 saturated carbocycles. The molecule has 0 aliphatic rings. The van der Waals surface area contributed by atoms with E-state index in [9.17, 15) is 14.4 Å². The summed E-state index contributed by atoms with van der Waals surface area (Å²) >= 11 is 0. The zero-order chi connectivity index (χ0) is 21.0. The fourth-order valence-corrected chi connectivity index (χ4v) is 2.31. The summed E-state index contributed by atoms with van der Waals surface area (Å²) in [5.41, 5.74) is 10.3. The van der Waals surface area contributed by atoms with Crippen molar-refractivity contribution in [2.24, 2.45) is 5.92 Å². The third-order valence-electron chi connectivity index (χ3n) is 3.81. The van der Waals surface area contributed by atoms with Crippen molar-refractivity contribution in [1.82, 2.24) is 4.90 Å². The molecule has 2 amide bonds. The molecule has 0 spiro atoms. The highest BCUT2D eigenvalue weighted by atomic mass is 16.5. The molecule has 7 heteroatoms. The van der Waals surface area contributed by atoms with Crippen molar-refractivity contribution in [2.75, 3.05) is 13.2 Å². The molecular formula is C20H31N3O4. The van der Waals surface area contributed by atoms with Crippen molar-refractivity contribution in [1.29, 1.82) is 0 Å². The summed E-state index contributed by atoms with van der Waals surface area (Å²) in [7, 11) is 0. The number of ether oxygens (including phenoxy) is 1. The van der Waals surface area contributed by atoms with Gasteiger partial charge in [-0.3, -0.25) is 14.5 Å². The molecule has 0 bridgehead atoms. The maximum Gasteiger partial charge on any atom is 0.463 e. The van der Waals surface area contributed by atoms with Crippen LogP contribution in [0.2, 0.25) is 0 Å². The molecule has 0 heterocycles. The van der Waals surface area contributed by atoms with Crippen molar-refractivity contribution in [3.63, 3.8) is 0 Å². The topological polar surface area (TPSA) is 100 Å². The number of hydrogen-bond donors (Lipinski definition) is 0. The Labute approximate surface area is 161 Å². The Morgan fingerprint density at radius 3 is 2.37 bits per heavy atom. The number of nitrogens with zero attached hydrogens (tertiary/aromatic N) is 3. The van der Waals surface area contributed by atoms with E-state index in [2.05, 4.69) is 17.4 Å². The van der Waals surface area contributed by atoms with Crippen LogP contribution in [0, 0.1) is 5.92 Å². The smallest absolute Gasteiger partial charge is 0.457 e. The van der Waals surface area contributed by atoms with Crippen LogP contribution in [0.15, 0.2) is 23.8 Å². The Balaban J connectivity index is 5.26. The summed E-state index contributed by atoms with van der Waals surface area (Å²) in [6, 6.07) is 0. The molecule has 150 valence electrons. The lowest BCUT2D eigenvalue weighted by Crippen LogP contribution is -2.45. The lowest BCUT2D eigenvalue weighted by atomic mass is 10.00. The maximum absolute atomic E-state index is 12.7. The van der Waals surface area contributed by atoms with Crippen molar-refractivity contribution in [3.05, 3.63) is 29.3 Å². The van der Waals surface area contributed by atoms with Gasteiger partial charge in [0.2, 0.25) is 5.91 Å². The van der Waals surface area contributed by atoms with Gasteiger partial charge in [0, 0.05) is 13.0 Å². The minimum Gasteiger partial charge on any atom is -0.457 e. The number of carbonyl (C=O) groups is 3. The molecule has 0 rings (SSSR count). The van der Waals surface area contributed by atoms with Gasteiger partial charge in [0.25, 0.3) is 0 Å². The first-order valence-corrected chi connectivity index (χ1v) is 9.15. The number of allylic oxidation sites excluding steroid dienone is 2. The first kappa shape index (κ1) is 24.5. The van der Waals surface area contributed by atoms with Gasteiger partial charge in [-0.15, -0.1) is 6.58 Å². The van der Waals surface area contributed by atoms with Gasteiger partial charge in [-0.05, 0) is 52.9 Å². The summed E-state index contributed by atoms with van der Waals surface area (Å²) in [4.78, 5) is 40.8. The Morgan fingerprint density at radius 2 is 1.89 bits per heavy atom.